The Hall–Kier alpha value is -2.17. The first-order valence-electron chi connectivity index (χ1n) is 7.26. The SMILES string of the molecule is O=C(NCCc1csc(-c2ccc(Cl)cc2)n1)c1ccccc1. The van der Waals surface area contributed by atoms with Crippen LogP contribution in [0.1, 0.15) is 16.1 Å². The molecule has 1 aromatic heterocycles. The predicted octanol–water partition coefficient (Wildman–Crippen LogP) is 4.44. The van der Waals surface area contributed by atoms with E-state index in [1.54, 1.807) is 23.5 Å². The highest BCUT2D eigenvalue weighted by molar-refractivity contribution is 7.13. The molecule has 0 unspecified atom stereocenters. The molecule has 0 aliphatic rings. The van der Waals surface area contributed by atoms with Gasteiger partial charge in [0.1, 0.15) is 5.01 Å². The fourth-order valence-electron chi connectivity index (χ4n) is 2.14. The zero-order chi connectivity index (χ0) is 16.1. The molecule has 5 heteroatoms. The van der Waals surface area contributed by atoms with Crippen LogP contribution < -0.4 is 5.32 Å². The quantitative estimate of drug-likeness (QED) is 0.745. The summed E-state index contributed by atoms with van der Waals surface area (Å²) in [7, 11) is 0. The van der Waals surface area contributed by atoms with Crippen molar-refractivity contribution in [3.05, 3.63) is 76.3 Å². The maximum Gasteiger partial charge on any atom is 0.251 e. The van der Waals surface area contributed by atoms with Crippen molar-refractivity contribution in [2.24, 2.45) is 0 Å². The maximum absolute atomic E-state index is 12.0. The van der Waals surface area contributed by atoms with Crippen molar-refractivity contribution in [1.82, 2.24) is 10.3 Å². The van der Waals surface area contributed by atoms with Crippen LogP contribution in [0.25, 0.3) is 10.6 Å². The molecule has 2 aromatic carbocycles. The highest BCUT2D eigenvalue weighted by Crippen LogP contribution is 2.25. The summed E-state index contributed by atoms with van der Waals surface area (Å²) in [6.07, 6.45) is 0.711. The molecule has 23 heavy (non-hydrogen) atoms. The van der Waals surface area contributed by atoms with Gasteiger partial charge >= 0.3 is 0 Å². The molecule has 0 saturated carbocycles. The minimum absolute atomic E-state index is 0.0567. The van der Waals surface area contributed by atoms with Crippen molar-refractivity contribution in [3.63, 3.8) is 0 Å². The van der Waals surface area contributed by atoms with Crippen LogP contribution in [0.4, 0.5) is 0 Å². The zero-order valence-electron chi connectivity index (χ0n) is 12.3. The van der Waals surface area contributed by atoms with Crippen molar-refractivity contribution < 1.29 is 4.79 Å². The summed E-state index contributed by atoms with van der Waals surface area (Å²) in [6.45, 7) is 0.567. The molecule has 0 aliphatic heterocycles. The lowest BCUT2D eigenvalue weighted by Gasteiger charge is -2.03. The van der Waals surface area contributed by atoms with Gasteiger partial charge in [0.2, 0.25) is 0 Å². The van der Waals surface area contributed by atoms with Gasteiger partial charge in [-0.05, 0) is 24.3 Å². The van der Waals surface area contributed by atoms with E-state index in [4.69, 9.17) is 11.6 Å². The number of nitrogens with zero attached hydrogens (tertiary/aromatic N) is 1. The van der Waals surface area contributed by atoms with Crippen LogP contribution in [0.3, 0.4) is 0 Å². The smallest absolute Gasteiger partial charge is 0.251 e. The topological polar surface area (TPSA) is 42.0 Å². The summed E-state index contributed by atoms with van der Waals surface area (Å²) in [6, 6.07) is 16.8. The van der Waals surface area contributed by atoms with E-state index in [1.165, 1.54) is 0 Å². The van der Waals surface area contributed by atoms with E-state index in [0.717, 1.165) is 16.3 Å². The van der Waals surface area contributed by atoms with Gasteiger partial charge in [-0.3, -0.25) is 4.79 Å². The summed E-state index contributed by atoms with van der Waals surface area (Å²) < 4.78 is 0. The van der Waals surface area contributed by atoms with Crippen molar-refractivity contribution >= 4 is 28.8 Å². The predicted molar refractivity (Wildman–Crippen MR) is 95.0 cm³/mol. The minimum Gasteiger partial charge on any atom is -0.352 e. The Balaban J connectivity index is 1.55. The number of nitrogens with one attached hydrogen (secondary N) is 1. The average Bonchev–Trinajstić information content (AvgIpc) is 3.05. The van der Waals surface area contributed by atoms with Gasteiger partial charge in [-0.1, -0.05) is 41.9 Å². The van der Waals surface area contributed by atoms with Crippen molar-refractivity contribution in [1.29, 1.82) is 0 Å². The van der Waals surface area contributed by atoms with E-state index < -0.39 is 0 Å². The average molecular weight is 343 g/mol. The maximum atomic E-state index is 12.0. The molecule has 3 rings (SSSR count). The Kier molecular flexibility index (Phi) is 5.05. The van der Waals surface area contributed by atoms with Crippen molar-refractivity contribution in [3.8, 4) is 10.6 Å². The molecule has 0 radical (unpaired) electrons. The summed E-state index contributed by atoms with van der Waals surface area (Å²) in [5, 5.41) is 6.62. The first-order chi connectivity index (χ1) is 11.2. The molecule has 1 amide bonds. The lowest BCUT2D eigenvalue weighted by molar-refractivity contribution is 0.0954. The molecule has 0 bridgehead atoms. The third-order valence-electron chi connectivity index (χ3n) is 3.35. The number of amides is 1. The molecule has 1 N–H and O–H groups in total. The van der Waals surface area contributed by atoms with Crippen molar-refractivity contribution in [2.45, 2.75) is 6.42 Å². The third kappa shape index (κ3) is 4.18. The third-order valence-corrected chi connectivity index (χ3v) is 4.54. The summed E-state index contributed by atoms with van der Waals surface area (Å²) in [5.74, 6) is -0.0567. The molecular formula is C18H15ClN2OS. The van der Waals surface area contributed by atoms with Gasteiger partial charge in [-0.2, -0.15) is 0 Å². The fraction of sp³-hybridized carbons (Fsp3) is 0.111. The van der Waals surface area contributed by atoms with Gasteiger partial charge in [0.15, 0.2) is 0 Å². The molecule has 116 valence electrons. The number of halogens is 1. The van der Waals surface area contributed by atoms with Gasteiger partial charge in [-0.15, -0.1) is 11.3 Å². The van der Waals surface area contributed by atoms with Crippen LogP contribution in [0.5, 0.6) is 0 Å². The Labute approximate surface area is 144 Å². The van der Waals surface area contributed by atoms with Gasteiger partial charge in [-0.25, -0.2) is 4.98 Å². The molecule has 3 nitrogen and oxygen atoms in total. The van der Waals surface area contributed by atoms with Crippen LogP contribution in [0, 0.1) is 0 Å². The van der Waals surface area contributed by atoms with Crippen LogP contribution in [0.15, 0.2) is 60.0 Å². The largest absolute Gasteiger partial charge is 0.352 e. The van der Waals surface area contributed by atoms with Crippen LogP contribution in [-0.4, -0.2) is 17.4 Å². The summed E-state index contributed by atoms with van der Waals surface area (Å²) >= 11 is 7.49. The number of thiazole rings is 1. The van der Waals surface area contributed by atoms with Gasteiger partial charge < -0.3 is 5.32 Å². The highest BCUT2D eigenvalue weighted by atomic mass is 35.5. The van der Waals surface area contributed by atoms with Gasteiger partial charge in [0.05, 0.1) is 5.69 Å². The zero-order valence-corrected chi connectivity index (χ0v) is 13.9. The van der Waals surface area contributed by atoms with E-state index >= 15 is 0 Å². The first-order valence-corrected chi connectivity index (χ1v) is 8.52. The number of aromatic nitrogens is 1. The molecule has 0 atom stereocenters. The second-order valence-electron chi connectivity index (χ2n) is 5.02. The lowest BCUT2D eigenvalue weighted by Crippen LogP contribution is -2.25. The normalized spacial score (nSPS) is 10.5. The van der Waals surface area contributed by atoms with E-state index in [2.05, 4.69) is 10.3 Å². The van der Waals surface area contributed by atoms with E-state index in [9.17, 15) is 4.79 Å². The highest BCUT2D eigenvalue weighted by Gasteiger charge is 2.07. The van der Waals surface area contributed by atoms with Crippen LogP contribution >= 0.6 is 22.9 Å². The molecular weight excluding hydrogens is 328 g/mol. The lowest BCUT2D eigenvalue weighted by atomic mass is 10.2. The number of benzene rings is 2. The summed E-state index contributed by atoms with van der Waals surface area (Å²) in [4.78, 5) is 16.6. The number of carbonyl (C=O) groups is 1. The van der Waals surface area contributed by atoms with Crippen LogP contribution in [-0.2, 0) is 6.42 Å². The molecule has 0 spiro atoms. The molecule has 0 saturated heterocycles. The Morgan fingerprint density at radius 1 is 1.09 bits per heavy atom. The number of rotatable bonds is 5. The van der Waals surface area contributed by atoms with Gasteiger partial charge in [0.25, 0.3) is 5.91 Å². The van der Waals surface area contributed by atoms with Gasteiger partial charge in [0, 0.05) is 34.5 Å². The molecule has 0 aliphatic carbocycles. The standard InChI is InChI=1S/C18H15ClN2OS/c19-15-8-6-14(7-9-15)18-21-16(12-23-18)10-11-20-17(22)13-4-2-1-3-5-13/h1-9,12H,10-11H2,(H,20,22). The Bertz CT molecular complexity index is 784. The monoisotopic (exact) mass is 342 g/mol. The Morgan fingerprint density at radius 2 is 1.83 bits per heavy atom. The van der Waals surface area contributed by atoms with E-state index in [1.807, 2.05) is 47.8 Å². The molecule has 1 heterocycles. The number of carbonyl (C=O) groups excluding carboxylic acids is 1. The van der Waals surface area contributed by atoms with E-state index in [-0.39, 0.29) is 5.91 Å². The number of hydrogen-bond donors (Lipinski definition) is 1. The van der Waals surface area contributed by atoms with Crippen molar-refractivity contribution in [2.75, 3.05) is 6.54 Å². The number of hydrogen-bond acceptors (Lipinski definition) is 3. The first kappa shape index (κ1) is 15.7. The minimum atomic E-state index is -0.0567. The molecule has 0 fully saturated rings. The Morgan fingerprint density at radius 3 is 2.57 bits per heavy atom. The second kappa shape index (κ2) is 7.40. The second-order valence-corrected chi connectivity index (χ2v) is 6.32. The summed E-state index contributed by atoms with van der Waals surface area (Å²) in [5.41, 5.74) is 2.71. The molecule has 3 aromatic rings. The fourth-order valence-corrected chi connectivity index (χ4v) is 3.13. The van der Waals surface area contributed by atoms with Crippen LogP contribution in [0.2, 0.25) is 5.02 Å². The van der Waals surface area contributed by atoms with E-state index in [0.29, 0.717) is 23.6 Å².